The first-order chi connectivity index (χ1) is 8.75. The number of benzene rings is 1. The average molecular weight is 241 g/mol. The van der Waals surface area contributed by atoms with Crippen LogP contribution < -0.4 is 0 Å². The van der Waals surface area contributed by atoms with E-state index >= 15 is 0 Å². The van der Waals surface area contributed by atoms with Gasteiger partial charge in [0.05, 0.1) is 0 Å². The molecule has 2 aromatic rings. The van der Waals surface area contributed by atoms with Crippen molar-refractivity contribution in [1.29, 1.82) is 0 Å². The number of esters is 1. The number of carbonyl (C=O) groups excluding carboxylic acids is 1. The Labute approximate surface area is 106 Å². The van der Waals surface area contributed by atoms with Crippen molar-refractivity contribution in [1.82, 2.24) is 4.57 Å². The van der Waals surface area contributed by atoms with E-state index in [1.54, 1.807) is 6.08 Å². The lowest BCUT2D eigenvalue weighted by molar-refractivity contribution is -0.138. The summed E-state index contributed by atoms with van der Waals surface area (Å²) in [6.45, 7) is 0.303. The predicted molar refractivity (Wildman–Crippen MR) is 70.7 cm³/mol. The number of rotatable bonds is 4. The Morgan fingerprint density at radius 2 is 2.00 bits per heavy atom. The third-order valence-electron chi connectivity index (χ3n) is 2.60. The molecule has 1 aromatic carbocycles. The topological polar surface area (TPSA) is 31.2 Å². The first-order valence-corrected chi connectivity index (χ1v) is 5.76. The first kappa shape index (κ1) is 12.2. The van der Waals surface area contributed by atoms with Crippen LogP contribution in [0.5, 0.6) is 0 Å². The molecular weight excluding hydrogens is 226 g/mol. The molecule has 0 bridgehead atoms. The largest absolute Gasteiger partial charge is 0.458 e. The van der Waals surface area contributed by atoms with Gasteiger partial charge in [0.2, 0.25) is 0 Å². The number of nitrogens with zero attached hydrogens (tertiary/aromatic N) is 1. The predicted octanol–water partition coefficient (Wildman–Crippen LogP) is 2.78. The van der Waals surface area contributed by atoms with E-state index in [0.717, 1.165) is 11.3 Å². The second-order valence-corrected chi connectivity index (χ2v) is 3.97. The summed E-state index contributed by atoms with van der Waals surface area (Å²) < 4.78 is 7.06. The van der Waals surface area contributed by atoms with Crippen LogP contribution in [0.2, 0.25) is 0 Å². The molecule has 0 saturated carbocycles. The molecule has 0 aliphatic heterocycles. The Bertz CT molecular complexity index is 541. The highest BCUT2D eigenvalue weighted by Crippen LogP contribution is 2.04. The zero-order valence-corrected chi connectivity index (χ0v) is 10.2. The van der Waals surface area contributed by atoms with E-state index in [-0.39, 0.29) is 5.97 Å². The number of ether oxygens (including phenoxy) is 1. The highest BCUT2D eigenvalue weighted by molar-refractivity contribution is 5.86. The maximum absolute atomic E-state index is 11.5. The van der Waals surface area contributed by atoms with Crippen LogP contribution in [0.4, 0.5) is 0 Å². The van der Waals surface area contributed by atoms with Crippen molar-refractivity contribution in [3.8, 4) is 0 Å². The van der Waals surface area contributed by atoms with Crippen molar-refractivity contribution < 1.29 is 9.53 Å². The van der Waals surface area contributed by atoms with Crippen molar-refractivity contribution in [3.63, 3.8) is 0 Å². The van der Waals surface area contributed by atoms with Gasteiger partial charge in [0.15, 0.2) is 0 Å². The lowest BCUT2D eigenvalue weighted by Gasteiger charge is -2.01. The van der Waals surface area contributed by atoms with E-state index in [1.165, 1.54) is 6.08 Å². The third kappa shape index (κ3) is 3.35. The average Bonchev–Trinajstić information content (AvgIpc) is 2.81. The van der Waals surface area contributed by atoms with Crippen LogP contribution in [-0.4, -0.2) is 10.5 Å². The van der Waals surface area contributed by atoms with Gasteiger partial charge in [-0.15, -0.1) is 0 Å². The van der Waals surface area contributed by atoms with E-state index in [1.807, 2.05) is 60.3 Å². The van der Waals surface area contributed by atoms with Crippen molar-refractivity contribution in [3.05, 3.63) is 66.0 Å². The molecular formula is C15H15NO2. The molecule has 0 unspecified atom stereocenters. The molecule has 2 rings (SSSR count). The molecule has 0 atom stereocenters. The van der Waals surface area contributed by atoms with Crippen LogP contribution in [0.1, 0.15) is 11.3 Å². The highest BCUT2D eigenvalue weighted by atomic mass is 16.5. The molecule has 0 aliphatic carbocycles. The van der Waals surface area contributed by atoms with Gasteiger partial charge in [0.25, 0.3) is 0 Å². The van der Waals surface area contributed by atoms with Crippen molar-refractivity contribution in [2.24, 2.45) is 7.05 Å². The summed E-state index contributed by atoms with van der Waals surface area (Å²) in [7, 11) is 1.93. The lowest BCUT2D eigenvalue weighted by Crippen LogP contribution is -2.00. The SMILES string of the molecule is Cn1cccc1/C=C/C(=O)OCc1ccccc1. The summed E-state index contributed by atoms with van der Waals surface area (Å²) in [5.74, 6) is -0.333. The van der Waals surface area contributed by atoms with Gasteiger partial charge in [-0.3, -0.25) is 0 Å². The molecule has 18 heavy (non-hydrogen) atoms. The van der Waals surface area contributed by atoms with Gasteiger partial charge in [0, 0.05) is 25.0 Å². The molecule has 3 heteroatoms. The third-order valence-corrected chi connectivity index (χ3v) is 2.60. The van der Waals surface area contributed by atoms with Gasteiger partial charge in [-0.2, -0.15) is 0 Å². The second kappa shape index (κ2) is 5.87. The molecule has 0 fully saturated rings. The minimum Gasteiger partial charge on any atom is -0.458 e. The number of aryl methyl sites for hydroxylation is 1. The fourth-order valence-electron chi connectivity index (χ4n) is 1.58. The van der Waals surface area contributed by atoms with Gasteiger partial charge >= 0.3 is 5.97 Å². The van der Waals surface area contributed by atoms with Crippen LogP contribution in [0.25, 0.3) is 6.08 Å². The lowest BCUT2D eigenvalue weighted by atomic mass is 10.2. The van der Waals surface area contributed by atoms with Crippen LogP contribution >= 0.6 is 0 Å². The van der Waals surface area contributed by atoms with Crippen LogP contribution in [0.15, 0.2) is 54.7 Å². The Morgan fingerprint density at radius 1 is 1.22 bits per heavy atom. The number of carbonyl (C=O) groups is 1. The molecule has 0 N–H and O–H groups in total. The highest BCUT2D eigenvalue weighted by Gasteiger charge is 1.99. The van der Waals surface area contributed by atoms with E-state index < -0.39 is 0 Å². The molecule has 0 spiro atoms. The van der Waals surface area contributed by atoms with Crippen LogP contribution in [-0.2, 0) is 23.2 Å². The Morgan fingerprint density at radius 3 is 2.67 bits per heavy atom. The smallest absolute Gasteiger partial charge is 0.331 e. The summed E-state index contributed by atoms with van der Waals surface area (Å²) in [4.78, 5) is 11.5. The number of aromatic nitrogens is 1. The van der Waals surface area contributed by atoms with Crippen molar-refractivity contribution in [2.75, 3.05) is 0 Å². The number of hydrogen-bond acceptors (Lipinski definition) is 2. The molecule has 92 valence electrons. The van der Waals surface area contributed by atoms with E-state index in [4.69, 9.17) is 4.74 Å². The molecule has 0 amide bonds. The molecule has 0 aliphatic rings. The normalized spacial score (nSPS) is 10.7. The Hall–Kier alpha value is -2.29. The minimum absolute atomic E-state index is 0.303. The fraction of sp³-hybridized carbons (Fsp3) is 0.133. The fourth-order valence-corrected chi connectivity index (χ4v) is 1.58. The first-order valence-electron chi connectivity index (χ1n) is 5.76. The zero-order valence-electron chi connectivity index (χ0n) is 10.2. The van der Waals surface area contributed by atoms with Gasteiger partial charge < -0.3 is 9.30 Å². The molecule has 3 nitrogen and oxygen atoms in total. The van der Waals surface area contributed by atoms with Gasteiger partial charge in [-0.1, -0.05) is 30.3 Å². The molecule has 0 saturated heterocycles. The van der Waals surface area contributed by atoms with Crippen molar-refractivity contribution >= 4 is 12.0 Å². The summed E-state index contributed by atoms with van der Waals surface area (Å²) in [5.41, 5.74) is 1.95. The van der Waals surface area contributed by atoms with E-state index in [0.29, 0.717) is 6.61 Å². The Balaban J connectivity index is 1.86. The number of hydrogen-bond donors (Lipinski definition) is 0. The van der Waals surface area contributed by atoms with E-state index in [9.17, 15) is 4.79 Å². The summed E-state index contributed by atoms with van der Waals surface area (Å²) in [6.07, 6.45) is 5.11. The monoisotopic (exact) mass is 241 g/mol. The van der Waals surface area contributed by atoms with Gasteiger partial charge in [-0.25, -0.2) is 4.79 Å². The van der Waals surface area contributed by atoms with E-state index in [2.05, 4.69) is 0 Å². The zero-order chi connectivity index (χ0) is 12.8. The van der Waals surface area contributed by atoms with Crippen LogP contribution in [0.3, 0.4) is 0 Å². The minimum atomic E-state index is -0.333. The molecule has 1 aromatic heterocycles. The van der Waals surface area contributed by atoms with Crippen LogP contribution in [0, 0.1) is 0 Å². The maximum atomic E-state index is 11.5. The van der Waals surface area contributed by atoms with Crippen molar-refractivity contribution in [2.45, 2.75) is 6.61 Å². The summed E-state index contributed by atoms with van der Waals surface area (Å²) in [6, 6.07) is 13.5. The quantitative estimate of drug-likeness (QED) is 0.609. The van der Waals surface area contributed by atoms with Gasteiger partial charge in [-0.05, 0) is 23.8 Å². The molecule has 0 radical (unpaired) electrons. The van der Waals surface area contributed by atoms with Gasteiger partial charge in [0.1, 0.15) is 6.61 Å². The Kier molecular flexibility index (Phi) is 3.97. The standard InChI is InChI=1S/C15H15NO2/c1-16-11-5-8-14(16)9-10-15(17)18-12-13-6-3-2-4-7-13/h2-11H,12H2,1H3/b10-9+. The summed E-state index contributed by atoms with van der Waals surface area (Å²) in [5, 5.41) is 0. The molecule has 1 heterocycles. The maximum Gasteiger partial charge on any atom is 0.331 e. The second-order valence-electron chi connectivity index (χ2n) is 3.97. The summed E-state index contributed by atoms with van der Waals surface area (Å²) >= 11 is 0.